The molecule has 1 aromatic carbocycles. The van der Waals surface area contributed by atoms with Gasteiger partial charge in [-0.25, -0.2) is 0 Å². The summed E-state index contributed by atoms with van der Waals surface area (Å²) in [5.74, 6) is -0.212. The molecule has 0 aliphatic carbocycles. The molecule has 2 aliphatic heterocycles. The number of nitrogens with one attached hydrogen (secondary N) is 1. The zero-order chi connectivity index (χ0) is 17.2. The third-order valence-electron chi connectivity index (χ3n) is 5.24. The monoisotopic (exact) mass is 331 g/mol. The van der Waals surface area contributed by atoms with Crippen molar-refractivity contribution in [3.63, 3.8) is 0 Å². The van der Waals surface area contributed by atoms with Crippen molar-refractivity contribution in [2.24, 2.45) is 11.1 Å². The summed E-state index contributed by atoms with van der Waals surface area (Å²) >= 11 is 0. The molecule has 130 valence electrons. The molecule has 3 rings (SSSR count). The molecule has 2 atom stereocenters. The molecule has 6 nitrogen and oxygen atoms in total. The largest absolute Gasteiger partial charge is 0.392 e. The molecule has 6 heteroatoms. The fraction of sp³-hybridized carbons (Fsp3) is 0.556. The Hall–Kier alpha value is -1.92. The molecule has 0 unspecified atom stereocenters. The smallest absolute Gasteiger partial charge is 0.253 e. The van der Waals surface area contributed by atoms with Crippen LogP contribution < -0.4 is 11.1 Å². The first-order valence-corrected chi connectivity index (χ1v) is 8.61. The number of carbonyl (C=O) groups is 2. The van der Waals surface area contributed by atoms with Gasteiger partial charge in [0, 0.05) is 25.2 Å². The normalized spacial score (nSPS) is 27.2. The third-order valence-corrected chi connectivity index (χ3v) is 5.24. The molecule has 0 aromatic heterocycles. The van der Waals surface area contributed by atoms with E-state index in [2.05, 4.69) is 5.32 Å². The van der Waals surface area contributed by atoms with E-state index in [4.69, 9.17) is 5.73 Å². The summed E-state index contributed by atoms with van der Waals surface area (Å²) in [6.07, 6.45) is 1.99. The van der Waals surface area contributed by atoms with Crippen LogP contribution in [-0.4, -0.2) is 54.1 Å². The lowest BCUT2D eigenvalue weighted by atomic mass is 9.71. The number of aliphatic hydroxyl groups excluding tert-OH is 1. The van der Waals surface area contributed by atoms with Crippen molar-refractivity contribution in [3.8, 4) is 0 Å². The summed E-state index contributed by atoms with van der Waals surface area (Å²) in [5, 5.41) is 13.3. The number of hydrogen-bond acceptors (Lipinski definition) is 4. The zero-order valence-corrected chi connectivity index (χ0v) is 13.8. The highest BCUT2D eigenvalue weighted by Gasteiger charge is 2.50. The molecule has 1 aromatic rings. The van der Waals surface area contributed by atoms with Crippen LogP contribution in [0.5, 0.6) is 0 Å². The van der Waals surface area contributed by atoms with Crippen molar-refractivity contribution in [2.45, 2.75) is 31.8 Å². The van der Waals surface area contributed by atoms with Gasteiger partial charge in [0.2, 0.25) is 5.91 Å². The Bertz CT molecular complexity index is 616. The number of hydrogen-bond donors (Lipinski definition) is 3. The van der Waals surface area contributed by atoms with E-state index in [1.807, 2.05) is 24.3 Å². The molecule has 4 N–H and O–H groups in total. The highest BCUT2D eigenvalue weighted by atomic mass is 16.3. The van der Waals surface area contributed by atoms with E-state index >= 15 is 0 Å². The predicted molar refractivity (Wildman–Crippen MR) is 90.4 cm³/mol. The van der Waals surface area contributed by atoms with Crippen molar-refractivity contribution >= 4 is 11.8 Å². The van der Waals surface area contributed by atoms with E-state index in [0.29, 0.717) is 38.0 Å². The van der Waals surface area contributed by atoms with Crippen LogP contribution >= 0.6 is 0 Å². The minimum Gasteiger partial charge on any atom is -0.392 e. The molecule has 2 aliphatic rings. The summed E-state index contributed by atoms with van der Waals surface area (Å²) in [6, 6.07) is 7.46. The molecule has 2 fully saturated rings. The average molecular weight is 331 g/mol. The summed E-state index contributed by atoms with van der Waals surface area (Å²) < 4.78 is 0. The van der Waals surface area contributed by atoms with Gasteiger partial charge < -0.3 is 21.1 Å². The van der Waals surface area contributed by atoms with Gasteiger partial charge in [-0.1, -0.05) is 12.1 Å². The average Bonchev–Trinajstić information content (AvgIpc) is 2.60. The molecule has 2 saturated heterocycles. The Labute approximate surface area is 142 Å². The maximum Gasteiger partial charge on any atom is 0.253 e. The summed E-state index contributed by atoms with van der Waals surface area (Å²) in [7, 11) is 0. The lowest BCUT2D eigenvalue weighted by molar-refractivity contribution is -0.147. The highest BCUT2D eigenvalue weighted by Crippen LogP contribution is 2.37. The number of benzene rings is 1. The molecular formula is C18H25N3O3. The van der Waals surface area contributed by atoms with E-state index in [0.717, 1.165) is 18.4 Å². The Morgan fingerprint density at radius 2 is 2.12 bits per heavy atom. The zero-order valence-electron chi connectivity index (χ0n) is 13.8. The maximum atomic E-state index is 12.8. The molecule has 24 heavy (non-hydrogen) atoms. The standard InChI is InChI=1S/C18H25N3O3/c19-9-6-13-2-4-14(5-3-13)16(23)21-11-7-15(22)18(12-21)8-1-10-20-17(18)24/h2-5,15,22H,1,6-12,19H2,(H,20,24)/t15-,18-/m1/s1. The van der Waals surface area contributed by atoms with Gasteiger partial charge >= 0.3 is 0 Å². The van der Waals surface area contributed by atoms with Crippen LogP contribution in [0.15, 0.2) is 24.3 Å². The highest BCUT2D eigenvalue weighted by molar-refractivity contribution is 5.95. The van der Waals surface area contributed by atoms with Crippen LogP contribution in [0.3, 0.4) is 0 Å². The Morgan fingerprint density at radius 1 is 1.38 bits per heavy atom. The minimum atomic E-state index is -0.856. The van der Waals surface area contributed by atoms with Crippen molar-refractivity contribution < 1.29 is 14.7 Å². The fourth-order valence-corrected chi connectivity index (χ4v) is 3.78. The van der Waals surface area contributed by atoms with Gasteiger partial charge in [-0.2, -0.15) is 0 Å². The fourth-order valence-electron chi connectivity index (χ4n) is 3.78. The van der Waals surface area contributed by atoms with Gasteiger partial charge in [0.25, 0.3) is 5.91 Å². The van der Waals surface area contributed by atoms with Gasteiger partial charge in [-0.3, -0.25) is 9.59 Å². The molecule has 0 bridgehead atoms. The molecular weight excluding hydrogens is 306 g/mol. The Balaban J connectivity index is 1.76. The number of carbonyl (C=O) groups excluding carboxylic acids is 2. The molecule has 0 radical (unpaired) electrons. The number of amides is 2. The van der Waals surface area contributed by atoms with Crippen molar-refractivity contribution in [1.82, 2.24) is 10.2 Å². The topological polar surface area (TPSA) is 95.7 Å². The van der Waals surface area contributed by atoms with E-state index in [1.54, 1.807) is 4.90 Å². The molecule has 1 spiro atoms. The first-order chi connectivity index (χ1) is 11.6. The van der Waals surface area contributed by atoms with Crippen LogP contribution in [0.4, 0.5) is 0 Å². The first kappa shape index (κ1) is 16.9. The van der Waals surface area contributed by atoms with E-state index < -0.39 is 11.5 Å². The lowest BCUT2D eigenvalue weighted by Crippen LogP contribution is -2.62. The maximum absolute atomic E-state index is 12.8. The Kier molecular flexibility index (Phi) is 4.87. The summed E-state index contributed by atoms with van der Waals surface area (Å²) in [6.45, 7) is 1.97. The minimum absolute atomic E-state index is 0.0843. The predicted octanol–water partition coefficient (Wildman–Crippen LogP) is 0.291. The van der Waals surface area contributed by atoms with Crippen molar-refractivity contribution in [1.29, 1.82) is 0 Å². The van der Waals surface area contributed by atoms with E-state index in [9.17, 15) is 14.7 Å². The van der Waals surface area contributed by atoms with Crippen LogP contribution in [0.2, 0.25) is 0 Å². The van der Waals surface area contributed by atoms with Crippen molar-refractivity contribution in [2.75, 3.05) is 26.2 Å². The van der Waals surface area contributed by atoms with Gasteiger partial charge in [0.1, 0.15) is 0 Å². The van der Waals surface area contributed by atoms with E-state index in [-0.39, 0.29) is 18.4 Å². The van der Waals surface area contributed by atoms with Gasteiger partial charge in [0.15, 0.2) is 0 Å². The number of likely N-dealkylation sites (tertiary alicyclic amines) is 1. The SMILES string of the molecule is NCCc1ccc(C(=O)N2CC[C@@H](O)[C@@]3(CCCNC3=O)C2)cc1. The third kappa shape index (κ3) is 3.03. The second kappa shape index (κ2) is 6.91. The molecule has 0 saturated carbocycles. The van der Waals surface area contributed by atoms with Crippen LogP contribution in [-0.2, 0) is 11.2 Å². The van der Waals surface area contributed by atoms with Gasteiger partial charge in [-0.15, -0.1) is 0 Å². The second-order valence-electron chi connectivity index (χ2n) is 6.78. The number of nitrogens with two attached hydrogens (primary N) is 1. The molecule has 2 heterocycles. The number of aliphatic hydroxyl groups is 1. The summed E-state index contributed by atoms with van der Waals surface area (Å²) in [5.41, 5.74) is 6.40. The van der Waals surface area contributed by atoms with Crippen LogP contribution in [0.1, 0.15) is 35.2 Å². The number of rotatable bonds is 3. The summed E-state index contributed by atoms with van der Waals surface area (Å²) in [4.78, 5) is 26.9. The first-order valence-electron chi connectivity index (χ1n) is 8.61. The second-order valence-corrected chi connectivity index (χ2v) is 6.78. The van der Waals surface area contributed by atoms with Crippen LogP contribution in [0.25, 0.3) is 0 Å². The lowest BCUT2D eigenvalue weighted by Gasteiger charge is -2.46. The van der Waals surface area contributed by atoms with E-state index in [1.165, 1.54) is 0 Å². The van der Waals surface area contributed by atoms with Gasteiger partial charge in [-0.05, 0) is 49.9 Å². The number of piperidine rings is 2. The van der Waals surface area contributed by atoms with Crippen LogP contribution in [0, 0.1) is 5.41 Å². The number of nitrogens with zero attached hydrogens (tertiary/aromatic N) is 1. The molecule has 2 amide bonds. The Morgan fingerprint density at radius 3 is 2.79 bits per heavy atom. The van der Waals surface area contributed by atoms with Gasteiger partial charge in [0.05, 0.1) is 11.5 Å². The quantitative estimate of drug-likeness (QED) is 0.742. The van der Waals surface area contributed by atoms with Crippen molar-refractivity contribution in [3.05, 3.63) is 35.4 Å².